The van der Waals surface area contributed by atoms with Gasteiger partial charge in [-0.1, -0.05) is 30.3 Å². The number of aliphatic hydroxyl groups is 1. The number of rotatable bonds is 3. The van der Waals surface area contributed by atoms with Crippen LogP contribution in [0.4, 0.5) is 5.69 Å². The third-order valence-corrected chi connectivity index (χ3v) is 5.70. The Balaban J connectivity index is 1.68. The fourth-order valence-corrected chi connectivity index (χ4v) is 4.37. The topological polar surface area (TPSA) is 69.2 Å². The van der Waals surface area contributed by atoms with Crippen LogP contribution in [0, 0.1) is 0 Å². The zero-order valence-electron chi connectivity index (χ0n) is 13.4. The van der Waals surface area contributed by atoms with E-state index < -0.39 is 16.9 Å². The maximum absolute atomic E-state index is 12.8. The zero-order chi connectivity index (χ0) is 16.7. The molecule has 0 amide bonds. The summed E-state index contributed by atoms with van der Waals surface area (Å²) in [5.74, 6) is 0.375. The predicted octanol–water partition coefficient (Wildman–Crippen LogP) is 2.74. The standard InChI is InChI=1S/C18H19N3O2S/c1-21-10-9-16(22)13-6-4-5-12(17(13)21)11-24(23)18-19-14-7-2-3-8-15(14)20-18/h2-8,16,22H,9-11H2,1H3,(H,19,20). The van der Waals surface area contributed by atoms with Crippen LogP contribution in [-0.2, 0) is 16.6 Å². The Morgan fingerprint density at radius 1 is 1.29 bits per heavy atom. The van der Waals surface area contributed by atoms with Crippen molar-refractivity contribution in [1.29, 1.82) is 0 Å². The van der Waals surface area contributed by atoms with Gasteiger partial charge in [0.05, 0.1) is 33.7 Å². The molecule has 0 saturated carbocycles. The lowest BCUT2D eigenvalue weighted by atomic mass is 9.96. The molecule has 1 aliphatic rings. The van der Waals surface area contributed by atoms with Crippen molar-refractivity contribution in [2.45, 2.75) is 23.4 Å². The number of hydrogen-bond donors (Lipinski definition) is 2. The molecule has 2 unspecified atom stereocenters. The molecule has 0 aliphatic carbocycles. The number of nitrogens with one attached hydrogen (secondary N) is 1. The van der Waals surface area contributed by atoms with Crippen LogP contribution in [0.3, 0.4) is 0 Å². The summed E-state index contributed by atoms with van der Waals surface area (Å²) in [6.45, 7) is 0.794. The second kappa shape index (κ2) is 6.03. The van der Waals surface area contributed by atoms with Crippen molar-refractivity contribution in [2.24, 2.45) is 0 Å². The van der Waals surface area contributed by atoms with Crippen LogP contribution >= 0.6 is 0 Å². The van der Waals surface area contributed by atoms with Gasteiger partial charge in [0.15, 0.2) is 5.16 Å². The van der Waals surface area contributed by atoms with Crippen molar-refractivity contribution in [3.8, 4) is 0 Å². The molecule has 1 aromatic heterocycles. The van der Waals surface area contributed by atoms with E-state index in [1.807, 2.05) is 49.5 Å². The minimum absolute atomic E-state index is 0.375. The maximum Gasteiger partial charge on any atom is 0.197 e. The van der Waals surface area contributed by atoms with Crippen LogP contribution in [-0.4, -0.2) is 32.9 Å². The van der Waals surface area contributed by atoms with E-state index in [4.69, 9.17) is 0 Å². The van der Waals surface area contributed by atoms with Gasteiger partial charge in [-0.3, -0.25) is 4.21 Å². The number of para-hydroxylation sites is 3. The van der Waals surface area contributed by atoms with E-state index in [1.54, 1.807) is 0 Å². The molecule has 0 radical (unpaired) electrons. The summed E-state index contributed by atoms with van der Waals surface area (Å²) < 4.78 is 12.8. The lowest BCUT2D eigenvalue weighted by Crippen LogP contribution is -2.28. The second-order valence-corrected chi connectivity index (χ2v) is 7.50. The molecular weight excluding hydrogens is 322 g/mol. The number of imidazole rings is 1. The van der Waals surface area contributed by atoms with Gasteiger partial charge >= 0.3 is 0 Å². The molecule has 0 saturated heterocycles. The number of H-pyrrole nitrogens is 1. The van der Waals surface area contributed by atoms with Gasteiger partial charge in [-0.05, 0) is 24.1 Å². The van der Waals surface area contributed by atoms with Gasteiger partial charge < -0.3 is 15.0 Å². The fourth-order valence-electron chi connectivity index (χ4n) is 3.29. The molecule has 124 valence electrons. The Bertz CT molecular complexity index is 889. The average Bonchev–Trinajstić information content (AvgIpc) is 3.02. The van der Waals surface area contributed by atoms with E-state index in [9.17, 15) is 9.32 Å². The largest absolute Gasteiger partial charge is 0.388 e. The van der Waals surface area contributed by atoms with Crippen molar-refractivity contribution in [3.05, 3.63) is 53.6 Å². The minimum atomic E-state index is -1.27. The van der Waals surface area contributed by atoms with Crippen LogP contribution in [0.2, 0.25) is 0 Å². The molecule has 6 heteroatoms. The first-order chi connectivity index (χ1) is 11.6. The number of aromatic amines is 1. The number of nitrogens with zero attached hydrogens (tertiary/aromatic N) is 2. The molecule has 2 aromatic carbocycles. The van der Waals surface area contributed by atoms with Crippen LogP contribution in [0.1, 0.15) is 23.7 Å². The number of benzene rings is 2. The summed E-state index contributed by atoms with van der Waals surface area (Å²) >= 11 is 0. The van der Waals surface area contributed by atoms with Crippen molar-refractivity contribution in [2.75, 3.05) is 18.5 Å². The van der Waals surface area contributed by atoms with Crippen LogP contribution in [0.25, 0.3) is 11.0 Å². The first kappa shape index (κ1) is 15.4. The van der Waals surface area contributed by atoms with Crippen molar-refractivity contribution < 1.29 is 9.32 Å². The average molecular weight is 341 g/mol. The molecule has 0 bridgehead atoms. The number of anilines is 1. The van der Waals surface area contributed by atoms with Gasteiger partial charge in [0.2, 0.25) is 0 Å². The fraction of sp³-hybridized carbons (Fsp3) is 0.278. The minimum Gasteiger partial charge on any atom is -0.388 e. The quantitative estimate of drug-likeness (QED) is 0.768. The summed E-state index contributed by atoms with van der Waals surface area (Å²) in [4.78, 5) is 9.71. The monoisotopic (exact) mass is 341 g/mol. The highest BCUT2D eigenvalue weighted by molar-refractivity contribution is 7.84. The Kier molecular flexibility index (Phi) is 3.86. The SMILES string of the molecule is CN1CCC(O)c2cccc(CS(=O)c3nc4ccccc4[nH]3)c21. The molecule has 2 N–H and O–H groups in total. The van der Waals surface area contributed by atoms with Crippen molar-refractivity contribution in [1.82, 2.24) is 9.97 Å². The van der Waals surface area contributed by atoms with Gasteiger partial charge in [-0.15, -0.1) is 0 Å². The van der Waals surface area contributed by atoms with Gasteiger partial charge in [0, 0.05) is 24.8 Å². The first-order valence-corrected chi connectivity index (χ1v) is 9.29. The lowest BCUT2D eigenvalue weighted by Gasteiger charge is -2.32. The van der Waals surface area contributed by atoms with Gasteiger partial charge in [0.1, 0.15) is 0 Å². The maximum atomic E-state index is 12.8. The first-order valence-electron chi connectivity index (χ1n) is 7.97. The van der Waals surface area contributed by atoms with Crippen molar-refractivity contribution >= 4 is 27.5 Å². The second-order valence-electron chi connectivity index (χ2n) is 6.13. The zero-order valence-corrected chi connectivity index (χ0v) is 14.2. The van der Waals surface area contributed by atoms with Crippen LogP contribution in [0.5, 0.6) is 0 Å². The molecule has 5 nitrogen and oxygen atoms in total. The molecule has 1 aliphatic heterocycles. The van der Waals surface area contributed by atoms with Crippen LogP contribution in [0.15, 0.2) is 47.6 Å². The molecule has 4 rings (SSSR count). The van der Waals surface area contributed by atoms with E-state index in [1.165, 1.54) is 0 Å². The number of aromatic nitrogens is 2. The number of hydrogen-bond acceptors (Lipinski definition) is 4. The summed E-state index contributed by atoms with van der Waals surface area (Å²) in [7, 11) is 0.746. The third kappa shape index (κ3) is 2.61. The summed E-state index contributed by atoms with van der Waals surface area (Å²) in [5, 5.41) is 10.7. The summed E-state index contributed by atoms with van der Waals surface area (Å²) in [5.41, 5.74) is 4.61. The predicted molar refractivity (Wildman–Crippen MR) is 95.5 cm³/mol. The molecule has 2 heterocycles. The third-order valence-electron chi connectivity index (χ3n) is 4.50. The van der Waals surface area contributed by atoms with E-state index in [-0.39, 0.29) is 0 Å². The van der Waals surface area contributed by atoms with Gasteiger partial charge in [-0.25, -0.2) is 4.98 Å². The van der Waals surface area contributed by atoms with E-state index in [0.717, 1.165) is 40.8 Å². The van der Waals surface area contributed by atoms with Gasteiger partial charge in [-0.2, -0.15) is 0 Å². The Hall–Kier alpha value is -2.18. The van der Waals surface area contributed by atoms with Gasteiger partial charge in [0.25, 0.3) is 0 Å². The molecule has 0 spiro atoms. The molecule has 0 fully saturated rings. The molecule has 2 atom stereocenters. The molecule has 3 aromatic rings. The highest BCUT2D eigenvalue weighted by Gasteiger charge is 2.24. The number of aliphatic hydroxyl groups excluding tert-OH is 1. The molecular formula is C18H19N3O2S. The highest BCUT2D eigenvalue weighted by Crippen LogP contribution is 2.36. The highest BCUT2D eigenvalue weighted by atomic mass is 32.2. The van der Waals surface area contributed by atoms with E-state index >= 15 is 0 Å². The Morgan fingerprint density at radius 2 is 2.12 bits per heavy atom. The van der Waals surface area contributed by atoms with E-state index in [2.05, 4.69) is 14.9 Å². The Morgan fingerprint density at radius 3 is 2.96 bits per heavy atom. The summed E-state index contributed by atoms with van der Waals surface area (Å²) in [6, 6.07) is 13.5. The Labute approximate surface area is 142 Å². The van der Waals surface area contributed by atoms with Crippen molar-refractivity contribution in [3.63, 3.8) is 0 Å². The number of fused-ring (bicyclic) bond motifs is 2. The summed E-state index contributed by atoms with van der Waals surface area (Å²) in [6.07, 6.45) is 0.273. The van der Waals surface area contributed by atoms with E-state index in [0.29, 0.717) is 10.9 Å². The smallest absolute Gasteiger partial charge is 0.197 e. The lowest BCUT2D eigenvalue weighted by molar-refractivity contribution is 0.165. The molecule has 24 heavy (non-hydrogen) atoms. The normalized spacial score (nSPS) is 18.6. The van der Waals surface area contributed by atoms with Crippen LogP contribution < -0.4 is 4.90 Å².